The lowest BCUT2D eigenvalue weighted by atomic mass is 9.97. The van der Waals surface area contributed by atoms with E-state index in [1.54, 1.807) is 24.3 Å². The minimum absolute atomic E-state index is 0.132. The minimum Gasteiger partial charge on any atom is -0.480 e. The SMILES string of the molecule is O=C(O)C1CCC(c2ccc(Cl)cc2)n2c(=O)n(CCS)c(=O)n21. The van der Waals surface area contributed by atoms with Gasteiger partial charge in [-0.05, 0) is 30.5 Å². The summed E-state index contributed by atoms with van der Waals surface area (Å²) < 4.78 is 3.37. The third-order valence-electron chi connectivity index (χ3n) is 4.25. The van der Waals surface area contributed by atoms with Gasteiger partial charge in [-0.3, -0.25) is 0 Å². The molecule has 0 bridgehead atoms. The Hall–Kier alpha value is -1.93. The largest absolute Gasteiger partial charge is 0.480 e. The zero-order valence-corrected chi connectivity index (χ0v) is 14.3. The second-order valence-electron chi connectivity index (χ2n) is 5.63. The lowest BCUT2D eigenvalue weighted by molar-refractivity contribution is -0.142. The lowest BCUT2D eigenvalue weighted by Crippen LogP contribution is -2.41. The number of aliphatic carboxylic acids is 1. The summed E-state index contributed by atoms with van der Waals surface area (Å²) >= 11 is 9.97. The molecule has 1 aliphatic heterocycles. The smallest absolute Gasteiger partial charge is 0.348 e. The molecular weight excluding hydrogens is 354 g/mol. The molecule has 1 aromatic carbocycles. The number of nitrogens with zero attached hydrogens (tertiary/aromatic N) is 3. The number of rotatable bonds is 4. The molecule has 0 spiro atoms. The quantitative estimate of drug-likeness (QED) is 0.798. The van der Waals surface area contributed by atoms with Crippen LogP contribution in [0.4, 0.5) is 0 Å². The van der Waals surface area contributed by atoms with Gasteiger partial charge in [0.1, 0.15) is 0 Å². The van der Waals surface area contributed by atoms with Crippen LogP contribution in [0.15, 0.2) is 33.9 Å². The Morgan fingerprint density at radius 3 is 2.38 bits per heavy atom. The molecule has 1 aromatic heterocycles. The van der Waals surface area contributed by atoms with Gasteiger partial charge in [-0.2, -0.15) is 12.6 Å². The van der Waals surface area contributed by atoms with Crippen molar-refractivity contribution >= 4 is 30.2 Å². The molecule has 2 heterocycles. The van der Waals surface area contributed by atoms with Crippen molar-refractivity contribution in [1.29, 1.82) is 0 Å². The predicted octanol–water partition coefficient (Wildman–Crippen LogP) is 1.40. The van der Waals surface area contributed by atoms with Crippen molar-refractivity contribution in [3.05, 3.63) is 55.8 Å². The van der Waals surface area contributed by atoms with E-state index < -0.39 is 29.4 Å². The van der Waals surface area contributed by atoms with Crippen molar-refractivity contribution in [2.45, 2.75) is 31.5 Å². The molecule has 0 saturated carbocycles. The summed E-state index contributed by atoms with van der Waals surface area (Å²) in [6.45, 7) is 0.132. The second-order valence-corrected chi connectivity index (χ2v) is 6.51. The summed E-state index contributed by atoms with van der Waals surface area (Å²) in [4.78, 5) is 36.8. The number of carboxylic acids is 1. The van der Waals surface area contributed by atoms with E-state index in [-0.39, 0.29) is 13.0 Å². The number of aromatic nitrogens is 3. The standard InChI is InChI=1S/C15H16ClN3O4S/c16-10-3-1-9(2-4-10)11-5-6-12(13(20)21)19-15(23)17(7-8-24)14(22)18(11)19/h1-4,11-12,24H,5-8H2,(H,20,21). The van der Waals surface area contributed by atoms with Crippen molar-refractivity contribution in [1.82, 2.24) is 13.9 Å². The van der Waals surface area contributed by atoms with Crippen LogP contribution in [-0.4, -0.2) is 30.8 Å². The number of carboxylic acid groups (broad SMARTS) is 1. The van der Waals surface area contributed by atoms with Crippen LogP contribution in [0.2, 0.25) is 5.02 Å². The van der Waals surface area contributed by atoms with Crippen molar-refractivity contribution in [2.75, 3.05) is 5.75 Å². The first-order valence-corrected chi connectivity index (χ1v) is 8.49. The molecule has 3 rings (SSSR count). The fraction of sp³-hybridized carbons (Fsp3) is 0.400. The van der Waals surface area contributed by atoms with E-state index in [1.165, 1.54) is 4.68 Å². The van der Waals surface area contributed by atoms with Crippen molar-refractivity contribution in [3.63, 3.8) is 0 Å². The van der Waals surface area contributed by atoms with Gasteiger partial charge in [-0.1, -0.05) is 23.7 Å². The summed E-state index contributed by atoms with van der Waals surface area (Å²) in [5, 5.41) is 9.98. The fourth-order valence-corrected chi connectivity index (χ4v) is 3.48. The van der Waals surface area contributed by atoms with Crippen LogP contribution in [0.3, 0.4) is 0 Å². The molecule has 0 saturated heterocycles. The number of benzene rings is 1. The zero-order chi connectivity index (χ0) is 17.4. The van der Waals surface area contributed by atoms with Gasteiger partial charge in [-0.25, -0.2) is 28.3 Å². The molecule has 128 valence electrons. The average molecular weight is 370 g/mol. The molecule has 9 heteroatoms. The van der Waals surface area contributed by atoms with Crippen LogP contribution in [0.5, 0.6) is 0 Å². The topological polar surface area (TPSA) is 86.2 Å². The number of hydrogen-bond donors (Lipinski definition) is 2. The summed E-state index contributed by atoms with van der Waals surface area (Å²) in [7, 11) is 0. The van der Waals surface area contributed by atoms with Gasteiger partial charge >= 0.3 is 17.3 Å². The normalized spacial score (nSPS) is 19.9. The van der Waals surface area contributed by atoms with Gasteiger partial charge in [0.25, 0.3) is 0 Å². The first-order chi connectivity index (χ1) is 11.5. The Balaban J connectivity index is 2.22. The molecule has 7 nitrogen and oxygen atoms in total. The van der Waals surface area contributed by atoms with Gasteiger partial charge in [0, 0.05) is 17.3 Å². The van der Waals surface area contributed by atoms with Crippen molar-refractivity contribution < 1.29 is 9.90 Å². The molecule has 2 aromatic rings. The molecule has 2 atom stereocenters. The Kier molecular flexibility index (Phi) is 4.60. The molecule has 24 heavy (non-hydrogen) atoms. The van der Waals surface area contributed by atoms with E-state index in [2.05, 4.69) is 12.6 Å². The van der Waals surface area contributed by atoms with Gasteiger partial charge in [0.15, 0.2) is 6.04 Å². The second kappa shape index (κ2) is 6.52. The van der Waals surface area contributed by atoms with Crippen molar-refractivity contribution in [3.8, 4) is 0 Å². The molecule has 2 unspecified atom stereocenters. The maximum absolute atomic E-state index is 12.7. The maximum atomic E-state index is 12.7. The van der Waals surface area contributed by atoms with E-state index in [0.29, 0.717) is 17.2 Å². The highest BCUT2D eigenvalue weighted by atomic mass is 35.5. The molecule has 0 aliphatic carbocycles. The highest BCUT2D eigenvalue weighted by molar-refractivity contribution is 7.80. The maximum Gasteiger partial charge on any atom is 0.348 e. The third-order valence-corrected chi connectivity index (χ3v) is 4.71. The summed E-state index contributed by atoms with van der Waals surface area (Å²) in [5.74, 6) is -0.814. The highest BCUT2D eigenvalue weighted by Gasteiger charge is 2.36. The number of halogens is 1. The minimum atomic E-state index is -1.12. The highest BCUT2D eigenvalue weighted by Crippen LogP contribution is 2.31. The van der Waals surface area contributed by atoms with Gasteiger partial charge < -0.3 is 5.11 Å². The third kappa shape index (κ3) is 2.69. The van der Waals surface area contributed by atoms with Crippen LogP contribution < -0.4 is 11.4 Å². The summed E-state index contributed by atoms with van der Waals surface area (Å²) in [5.41, 5.74) is -0.317. The van der Waals surface area contributed by atoms with Gasteiger partial charge in [0.05, 0.1) is 6.04 Å². The van der Waals surface area contributed by atoms with Crippen LogP contribution >= 0.6 is 24.2 Å². The first kappa shape index (κ1) is 16.9. The molecule has 0 radical (unpaired) electrons. The lowest BCUT2D eigenvalue weighted by Gasteiger charge is -2.29. The number of thiol groups is 1. The van der Waals surface area contributed by atoms with Gasteiger partial charge in [0.2, 0.25) is 0 Å². The molecule has 0 amide bonds. The number of fused-ring (bicyclic) bond motifs is 1. The summed E-state index contributed by atoms with van der Waals surface area (Å²) in [6, 6.07) is 5.53. The molecule has 1 N–H and O–H groups in total. The Morgan fingerprint density at radius 2 is 1.79 bits per heavy atom. The van der Waals surface area contributed by atoms with E-state index in [0.717, 1.165) is 14.8 Å². The van der Waals surface area contributed by atoms with Crippen LogP contribution in [0.25, 0.3) is 0 Å². The first-order valence-electron chi connectivity index (χ1n) is 7.48. The van der Waals surface area contributed by atoms with Crippen LogP contribution in [0.1, 0.15) is 30.5 Å². The molecular formula is C15H16ClN3O4S. The predicted molar refractivity (Wildman–Crippen MR) is 92.3 cm³/mol. The van der Waals surface area contributed by atoms with Crippen LogP contribution in [-0.2, 0) is 11.3 Å². The Labute approximate surface area is 147 Å². The average Bonchev–Trinajstić information content (AvgIpc) is 2.81. The monoisotopic (exact) mass is 369 g/mol. The molecule has 0 fully saturated rings. The Bertz CT molecular complexity index is 884. The Morgan fingerprint density at radius 1 is 1.17 bits per heavy atom. The van der Waals surface area contributed by atoms with E-state index >= 15 is 0 Å². The van der Waals surface area contributed by atoms with E-state index in [9.17, 15) is 19.5 Å². The van der Waals surface area contributed by atoms with E-state index in [4.69, 9.17) is 11.6 Å². The van der Waals surface area contributed by atoms with Gasteiger partial charge in [-0.15, -0.1) is 0 Å². The number of hydrogen-bond acceptors (Lipinski definition) is 4. The van der Waals surface area contributed by atoms with Crippen molar-refractivity contribution in [2.24, 2.45) is 0 Å². The molecule has 1 aliphatic rings. The van der Waals surface area contributed by atoms with Crippen LogP contribution in [0, 0.1) is 0 Å². The zero-order valence-electron chi connectivity index (χ0n) is 12.6. The van der Waals surface area contributed by atoms with E-state index in [1.807, 2.05) is 0 Å². The number of carbonyl (C=O) groups is 1. The summed E-state index contributed by atoms with van der Waals surface area (Å²) in [6.07, 6.45) is 0.718. The fourth-order valence-electron chi connectivity index (χ4n) is 3.15.